The Hall–Kier alpha value is -3.62. The Labute approximate surface area is 166 Å². The molecular weight excluding hydrogens is 374 g/mol. The summed E-state index contributed by atoms with van der Waals surface area (Å²) in [7, 11) is 4.48. The van der Waals surface area contributed by atoms with Gasteiger partial charge in [-0.15, -0.1) is 0 Å². The average molecular weight is 395 g/mol. The van der Waals surface area contributed by atoms with Crippen LogP contribution in [0.15, 0.2) is 46.2 Å². The molecule has 9 heteroatoms. The summed E-state index contributed by atoms with van der Waals surface area (Å²) in [6.45, 7) is 0.705. The Morgan fingerprint density at radius 2 is 1.90 bits per heavy atom. The predicted molar refractivity (Wildman–Crippen MR) is 105 cm³/mol. The summed E-state index contributed by atoms with van der Waals surface area (Å²) < 4.78 is 7.40. The number of hydrogen-bond acceptors (Lipinski definition) is 5. The van der Waals surface area contributed by atoms with Crippen LogP contribution in [0.1, 0.15) is 33.4 Å². The van der Waals surface area contributed by atoms with E-state index < -0.39 is 11.2 Å². The first-order valence-electron chi connectivity index (χ1n) is 9.13. The molecule has 1 aliphatic rings. The fourth-order valence-corrected chi connectivity index (χ4v) is 3.68. The highest BCUT2D eigenvalue weighted by atomic mass is 16.5. The monoisotopic (exact) mass is 395 g/mol. The summed E-state index contributed by atoms with van der Waals surface area (Å²) in [4.78, 5) is 46.7. The second-order valence-corrected chi connectivity index (χ2v) is 7.05. The number of carbonyl (C=O) groups excluding carboxylic acids is 1. The molecule has 29 heavy (non-hydrogen) atoms. The zero-order chi connectivity index (χ0) is 20.7. The maximum Gasteiger partial charge on any atom is 0.331 e. The summed E-state index contributed by atoms with van der Waals surface area (Å²) in [5.74, 6) is 0.236. The van der Waals surface area contributed by atoms with Crippen molar-refractivity contribution in [1.29, 1.82) is 0 Å². The topological polar surface area (TPSA) is 102 Å². The molecule has 0 fully saturated rings. The zero-order valence-corrected chi connectivity index (χ0v) is 16.4. The van der Waals surface area contributed by atoms with E-state index in [1.54, 1.807) is 18.3 Å². The van der Waals surface area contributed by atoms with Gasteiger partial charge in [0.25, 0.3) is 11.5 Å². The van der Waals surface area contributed by atoms with Gasteiger partial charge >= 0.3 is 5.69 Å². The predicted octanol–water partition coefficient (Wildman–Crippen LogP) is 0.604. The highest BCUT2D eigenvalue weighted by Crippen LogP contribution is 2.32. The van der Waals surface area contributed by atoms with Crippen LogP contribution < -0.4 is 16.0 Å². The van der Waals surface area contributed by atoms with Crippen LogP contribution in [0.25, 0.3) is 0 Å². The minimum atomic E-state index is -0.535. The van der Waals surface area contributed by atoms with E-state index in [9.17, 15) is 14.4 Å². The molecule has 3 aromatic rings. The van der Waals surface area contributed by atoms with Crippen LogP contribution in [0.5, 0.6) is 5.75 Å². The van der Waals surface area contributed by atoms with E-state index in [0.717, 1.165) is 27.3 Å². The van der Waals surface area contributed by atoms with Crippen molar-refractivity contribution in [1.82, 2.24) is 24.0 Å². The van der Waals surface area contributed by atoms with Gasteiger partial charge in [0.05, 0.1) is 31.4 Å². The Morgan fingerprint density at radius 3 is 2.59 bits per heavy atom. The van der Waals surface area contributed by atoms with Gasteiger partial charge in [-0.25, -0.2) is 9.78 Å². The number of carbonyl (C=O) groups is 1. The van der Waals surface area contributed by atoms with Gasteiger partial charge in [0.15, 0.2) is 0 Å². The molecule has 150 valence electrons. The molecule has 0 aliphatic carbocycles. The van der Waals surface area contributed by atoms with Crippen molar-refractivity contribution in [3.63, 3.8) is 0 Å². The smallest absolute Gasteiger partial charge is 0.331 e. The van der Waals surface area contributed by atoms with Crippen LogP contribution in [0.4, 0.5) is 0 Å². The molecule has 1 aliphatic heterocycles. The van der Waals surface area contributed by atoms with Crippen LogP contribution in [-0.2, 0) is 20.6 Å². The van der Waals surface area contributed by atoms with Crippen LogP contribution in [0, 0.1) is 0 Å². The van der Waals surface area contributed by atoms with Crippen LogP contribution in [-0.4, -0.2) is 43.6 Å². The Morgan fingerprint density at radius 1 is 1.17 bits per heavy atom. The number of ether oxygens (including phenoxy) is 1. The van der Waals surface area contributed by atoms with E-state index in [1.807, 2.05) is 24.3 Å². The van der Waals surface area contributed by atoms with Gasteiger partial charge in [-0.1, -0.05) is 12.1 Å². The number of aromatic nitrogens is 4. The third-order valence-corrected chi connectivity index (χ3v) is 5.38. The molecule has 1 unspecified atom stereocenters. The average Bonchev–Trinajstić information content (AvgIpc) is 3.22. The molecular formula is C20H21N5O4. The first-order chi connectivity index (χ1) is 13.9. The lowest BCUT2D eigenvalue weighted by atomic mass is 9.90. The Kier molecular flexibility index (Phi) is 4.57. The first-order valence-corrected chi connectivity index (χ1v) is 9.13. The third kappa shape index (κ3) is 3.14. The number of methoxy groups -OCH3 is 1. The van der Waals surface area contributed by atoms with E-state index >= 15 is 0 Å². The number of hydrogen-bond donors (Lipinski definition) is 1. The molecule has 9 nitrogen and oxygen atoms in total. The molecule has 4 rings (SSSR count). The Bertz CT molecular complexity index is 1190. The number of imidazole rings is 1. The maximum absolute atomic E-state index is 13.2. The summed E-state index contributed by atoms with van der Waals surface area (Å²) >= 11 is 0. The van der Waals surface area contributed by atoms with E-state index in [1.165, 1.54) is 24.7 Å². The molecule has 3 heterocycles. The zero-order valence-electron chi connectivity index (χ0n) is 16.4. The molecule has 1 N–H and O–H groups in total. The summed E-state index contributed by atoms with van der Waals surface area (Å²) in [6, 6.07) is 8.84. The maximum atomic E-state index is 13.2. The lowest BCUT2D eigenvalue weighted by molar-refractivity contribution is 0.0709. The standard InChI is InChI=1S/C20H21N5O4/c1-23-16(8-17(26)24(2)20(23)28)19(27)25-9-14(18-15(10-25)21-11-22-18)12-4-6-13(29-3)7-5-12/h4-8,11,14H,9-10H2,1-3H3,(H,21,22). The number of nitrogens with zero attached hydrogens (tertiary/aromatic N) is 4. The van der Waals surface area contributed by atoms with Gasteiger partial charge in [0.2, 0.25) is 0 Å². The molecule has 1 aromatic carbocycles. The van der Waals surface area contributed by atoms with Crippen molar-refractivity contribution < 1.29 is 9.53 Å². The van der Waals surface area contributed by atoms with E-state index in [2.05, 4.69) is 9.97 Å². The number of aromatic amines is 1. The molecule has 2 aromatic heterocycles. The number of H-pyrrole nitrogens is 1. The van der Waals surface area contributed by atoms with E-state index in [-0.39, 0.29) is 17.5 Å². The second-order valence-electron chi connectivity index (χ2n) is 7.05. The van der Waals surface area contributed by atoms with Crippen molar-refractivity contribution in [2.45, 2.75) is 12.5 Å². The van der Waals surface area contributed by atoms with Crippen molar-refractivity contribution in [2.24, 2.45) is 14.1 Å². The minimum Gasteiger partial charge on any atom is -0.497 e. The van der Waals surface area contributed by atoms with Gasteiger partial charge in [-0.05, 0) is 17.7 Å². The Balaban J connectivity index is 1.72. The highest BCUT2D eigenvalue weighted by molar-refractivity contribution is 5.92. The summed E-state index contributed by atoms with van der Waals surface area (Å²) in [6.07, 6.45) is 1.61. The molecule has 0 bridgehead atoms. The van der Waals surface area contributed by atoms with Crippen molar-refractivity contribution in [3.05, 3.63) is 80.1 Å². The van der Waals surface area contributed by atoms with Crippen LogP contribution in [0.2, 0.25) is 0 Å². The number of nitrogens with one attached hydrogen (secondary N) is 1. The van der Waals surface area contributed by atoms with Gasteiger partial charge in [0, 0.05) is 32.6 Å². The molecule has 0 saturated carbocycles. The molecule has 1 amide bonds. The quantitative estimate of drug-likeness (QED) is 0.700. The number of benzene rings is 1. The third-order valence-electron chi connectivity index (χ3n) is 5.38. The molecule has 0 spiro atoms. The van der Waals surface area contributed by atoms with Crippen molar-refractivity contribution in [2.75, 3.05) is 13.7 Å². The van der Waals surface area contributed by atoms with Crippen molar-refractivity contribution in [3.8, 4) is 5.75 Å². The molecule has 0 radical (unpaired) electrons. The van der Waals surface area contributed by atoms with Gasteiger partial charge < -0.3 is 14.6 Å². The largest absolute Gasteiger partial charge is 0.497 e. The van der Waals surface area contributed by atoms with Gasteiger partial charge in [-0.2, -0.15) is 0 Å². The SMILES string of the molecule is COc1ccc(C2CN(C(=O)c3cc(=O)n(C)c(=O)n3C)Cc3[nH]cnc32)cc1. The first kappa shape index (κ1) is 18.7. The summed E-state index contributed by atoms with van der Waals surface area (Å²) in [5, 5.41) is 0. The molecule has 1 atom stereocenters. The number of amides is 1. The molecule has 0 saturated heterocycles. The second kappa shape index (κ2) is 7.08. The fourth-order valence-electron chi connectivity index (χ4n) is 3.68. The normalized spacial score (nSPS) is 15.8. The lowest BCUT2D eigenvalue weighted by Crippen LogP contribution is -2.44. The van der Waals surface area contributed by atoms with Gasteiger partial charge in [0.1, 0.15) is 11.4 Å². The number of fused-ring (bicyclic) bond motifs is 1. The summed E-state index contributed by atoms with van der Waals surface area (Å²) in [5.41, 5.74) is 1.73. The van der Waals surface area contributed by atoms with Gasteiger partial charge in [-0.3, -0.25) is 18.7 Å². The number of rotatable bonds is 3. The highest BCUT2D eigenvalue weighted by Gasteiger charge is 2.32. The lowest BCUT2D eigenvalue weighted by Gasteiger charge is -2.32. The van der Waals surface area contributed by atoms with E-state index in [4.69, 9.17) is 4.74 Å². The van der Waals surface area contributed by atoms with Crippen LogP contribution in [0.3, 0.4) is 0 Å². The minimum absolute atomic E-state index is 0.0644. The fraction of sp³-hybridized carbons (Fsp3) is 0.300. The van der Waals surface area contributed by atoms with Crippen LogP contribution >= 0.6 is 0 Å². The van der Waals surface area contributed by atoms with Crippen molar-refractivity contribution >= 4 is 5.91 Å². The van der Waals surface area contributed by atoms with E-state index in [0.29, 0.717) is 13.1 Å².